The number of likely N-dealkylation sites (tertiary alicyclic amines) is 1. The molecule has 1 amide bonds. The van der Waals surface area contributed by atoms with Crippen molar-refractivity contribution in [2.24, 2.45) is 17.8 Å². The van der Waals surface area contributed by atoms with Gasteiger partial charge in [0.2, 0.25) is 5.91 Å². The molecule has 1 N–H and O–H groups in total. The quantitative estimate of drug-likeness (QED) is 0.903. The first-order chi connectivity index (χ1) is 10.5. The summed E-state index contributed by atoms with van der Waals surface area (Å²) in [5, 5.41) is 3.04. The van der Waals surface area contributed by atoms with E-state index in [1.807, 2.05) is 13.8 Å². The number of carbonyl (C=O) groups is 1. The zero-order chi connectivity index (χ0) is 16.1. The van der Waals surface area contributed by atoms with Gasteiger partial charge in [0.15, 0.2) is 0 Å². The van der Waals surface area contributed by atoms with E-state index in [1.54, 1.807) is 0 Å². The molecule has 0 aromatic heterocycles. The van der Waals surface area contributed by atoms with E-state index in [0.717, 1.165) is 18.4 Å². The van der Waals surface area contributed by atoms with Crippen LogP contribution in [0.2, 0.25) is 0 Å². The Labute approximate surface area is 135 Å². The summed E-state index contributed by atoms with van der Waals surface area (Å²) in [6.07, 6.45) is 1.34. The number of carbonyl (C=O) groups excluding carboxylic acids is 1. The smallest absolute Gasteiger partial charge is 0.222 e. The van der Waals surface area contributed by atoms with Crippen molar-refractivity contribution in [1.29, 1.82) is 0 Å². The van der Waals surface area contributed by atoms with E-state index in [9.17, 15) is 4.79 Å². The van der Waals surface area contributed by atoms with Crippen LogP contribution in [0.1, 0.15) is 45.2 Å². The molecule has 0 spiro atoms. The van der Waals surface area contributed by atoms with E-state index >= 15 is 0 Å². The number of nitrogens with zero attached hydrogens (tertiary/aromatic N) is 1. The predicted octanol–water partition coefficient (Wildman–Crippen LogP) is 3.44. The van der Waals surface area contributed by atoms with E-state index in [0.29, 0.717) is 6.54 Å². The maximum atomic E-state index is 11.8. The Morgan fingerprint density at radius 2 is 1.77 bits per heavy atom. The van der Waals surface area contributed by atoms with Gasteiger partial charge >= 0.3 is 0 Å². The minimum Gasteiger partial charge on any atom is -0.352 e. The van der Waals surface area contributed by atoms with E-state index < -0.39 is 0 Å². The molecule has 1 aliphatic rings. The van der Waals surface area contributed by atoms with Crippen LogP contribution in [-0.2, 0) is 17.9 Å². The normalized spacial score (nSPS) is 22.8. The first-order valence-corrected chi connectivity index (χ1v) is 8.52. The number of benzene rings is 1. The monoisotopic (exact) mass is 302 g/mol. The lowest BCUT2D eigenvalue weighted by Crippen LogP contribution is -2.38. The van der Waals surface area contributed by atoms with Crippen molar-refractivity contribution in [1.82, 2.24) is 10.2 Å². The van der Waals surface area contributed by atoms with Gasteiger partial charge in [-0.15, -0.1) is 0 Å². The minimum absolute atomic E-state index is 0.0379. The maximum absolute atomic E-state index is 11.8. The minimum atomic E-state index is 0.0379. The summed E-state index contributed by atoms with van der Waals surface area (Å²) in [4.78, 5) is 14.3. The summed E-state index contributed by atoms with van der Waals surface area (Å²) in [5.74, 6) is 1.71. The molecule has 0 saturated carbocycles. The molecular formula is C19H30N2O. The zero-order valence-corrected chi connectivity index (χ0v) is 14.4. The van der Waals surface area contributed by atoms with Gasteiger partial charge < -0.3 is 5.32 Å². The third-order valence-corrected chi connectivity index (χ3v) is 4.43. The molecule has 2 rings (SSSR count). The number of amides is 1. The molecule has 22 heavy (non-hydrogen) atoms. The third kappa shape index (κ3) is 4.84. The average molecular weight is 302 g/mol. The van der Waals surface area contributed by atoms with Crippen LogP contribution in [0.25, 0.3) is 0 Å². The van der Waals surface area contributed by atoms with Gasteiger partial charge in [-0.25, -0.2) is 0 Å². The summed E-state index contributed by atoms with van der Waals surface area (Å²) in [5.41, 5.74) is 2.58. The highest BCUT2D eigenvalue weighted by Crippen LogP contribution is 2.23. The van der Waals surface area contributed by atoms with Crippen molar-refractivity contribution < 1.29 is 4.79 Å². The number of nitrogens with one attached hydrogen (secondary N) is 1. The summed E-state index contributed by atoms with van der Waals surface area (Å²) in [7, 11) is 0. The Bertz CT molecular complexity index is 488. The van der Waals surface area contributed by atoms with Gasteiger partial charge in [0.05, 0.1) is 0 Å². The molecule has 0 aliphatic carbocycles. The van der Waals surface area contributed by atoms with Crippen molar-refractivity contribution >= 4 is 5.91 Å². The fourth-order valence-electron chi connectivity index (χ4n) is 3.43. The third-order valence-electron chi connectivity index (χ3n) is 4.43. The second-order valence-corrected chi connectivity index (χ2v) is 7.28. The highest BCUT2D eigenvalue weighted by atomic mass is 16.1. The molecule has 2 atom stereocenters. The standard InChI is InChI=1S/C19H30N2O/c1-14(2)19(22)20-10-17-7-5-6-8-18(17)13-21-11-15(3)9-16(4)12-21/h5-8,14-16H,9-13H2,1-4H3,(H,20,22)/t15-,16-/m0/s1. The summed E-state index contributed by atoms with van der Waals surface area (Å²) >= 11 is 0. The first kappa shape index (κ1) is 17.0. The van der Waals surface area contributed by atoms with Crippen LogP contribution in [0.4, 0.5) is 0 Å². The van der Waals surface area contributed by atoms with Crippen molar-refractivity contribution in [3.63, 3.8) is 0 Å². The van der Waals surface area contributed by atoms with Crippen molar-refractivity contribution in [3.05, 3.63) is 35.4 Å². The molecular weight excluding hydrogens is 272 g/mol. The maximum Gasteiger partial charge on any atom is 0.222 e. The summed E-state index contributed by atoms with van der Waals surface area (Å²) < 4.78 is 0. The fraction of sp³-hybridized carbons (Fsp3) is 0.632. The highest BCUT2D eigenvalue weighted by molar-refractivity contribution is 5.77. The second kappa shape index (κ2) is 7.77. The zero-order valence-electron chi connectivity index (χ0n) is 14.4. The van der Waals surface area contributed by atoms with Crippen LogP contribution in [0.15, 0.2) is 24.3 Å². The van der Waals surface area contributed by atoms with E-state index in [2.05, 4.69) is 48.3 Å². The van der Waals surface area contributed by atoms with Gasteiger partial charge in [0.25, 0.3) is 0 Å². The van der Waals surface area contributed by atoms with Crippen LogP contribution in [0, 0.1) is 17.8 Å². The van der Waals surface area contributed by atoms with E-state index in [4.69, 9.17) is 0 Å². The summed E-state index contributed by atoms with van der Waals surface area (Å²) in [6.45, 7) is 12.5. The van der Waals surface area contributed by atoms with Crippen LogP contribution in [0.3, 0.4) is 0 Å². The van der Waals surface area contributed by atoms with Gasteiger partial charge in [-0.3, -0.25) is 9.69 Å². The molecule has 1 saturated heterocycles. The SMILES string of the molecule is CC(C)C(=O)NCc1ccccc1CN1C[C@@H](C)C[C@H](C)C1. The Morgan fingerprint density at radius 3 is 2.36 bits per heavy atom. The average Bonchev–Trinajstić information content (AvgIpc) is 2.44. The van der Waals surface area contributed by atoms with Crippen LogP contribution >= 0.6 is 0 Å². The van der Waals surface area contributed by atoms with Crippen LogP contribution in [-0.4, -0.2) is 23.9 Å². The topological polar surface area (TPSA) is 32.3 Å². The lowest BCUT2D eigenvalue weighted by molar-refractivity contribution is -0.124. The van der Waals surface area contributed by atoms with Crippen molar-refractivity contribution in [2.45, 2.75) is 47.2 Å². The Morgan fingerprint density at radius 1 is 1.18 bits per heavy atom. The number of hydrogen-bond acceptors (Lipinski definition) is 2. The Balaban J connectivity index is 2.00. The molecule has 0 bridgehead atoms. The van der Waals surface area contributed by atoms with Crippen LogP contribution < -0.4 is 5.32 Å². The van der Waals surface area contributed by atoms with Gasteiger partial charge in [-0.2, -0.15) is 0 Å². The molecule has 3 heteroatoms. The van der Waals surface area contributed by atoms with Crippen LogP contribution in [0.5, 0.6) is 0 Å². The predicted molar refractivity (Wildman–Crippen MR) is 91.3 cm³/mol. The lowest BCUT2D eigenvalue weighted by Gasteiger charge is -2.35. The van der Waals surface area contributed by atoms with Crippen molar-refractivity contribution in [3.8, 4) is 0 Å². The largest absolute Gasteiger partial charge is 0.352 e. The molecule has 0 unspecified atom stereocenters. The molecule has 122 valence electrons. The molecule has 1 heterocycles. The fourth-order valence-corrected chi connectivity index (χ4v) is 3.43. The molecule has 1 aromatic rings. The highest BCUT2D eigenvalue weighted by Gasteiger charge is 2.22. The van der Waals surface area contributed by atoms with Gasteiger partial charge in [0, 0.05) is 32.1 Å². The van der Waals surface area contributed by atoms with Crippen molar-refractivity contribution in [2.75, 3.05) is 13.1 Å². The molecule has 0 radical (unpaired) electrons. The molecule has 3 nitrogen and oxygen atoms in total. The van der Waals surface area contributed by atoms with E-state index in [1.165, 1.54) is 30.6 Å². The molecule has 1 aliphatic heterocycles. The van der Waals surface area contributed by atoms with Gasteiger partial charge in [-0.1, -0.05) is 52.0 Å². The Kier molecular flexibility index (Phi) is 6.01. The molecule has 1 fully saturated rings. The number of hydrogen-bond donors (Lipinski definition) is 1. The summed E-state index contributed by atoms with van der Waals surface area (Å²) in [6, 6.07) is 8.48. The first-order valence-electron chi connectivity index (χ1n) is 8.52. The molecule has 1 aromatic carbocycles. The van der Waals surface area contributed by atoms with Gasteiger partial charge in [-0.05, 0) is 29.4 Å². The van der Waals surface area contributed by atoms with Gasteiger partial charge in [0.1, 0.15) is 0 Å². The Hall–Kier alpha value is -1.35. The number of rotatable bonds is 5. The lowest BCUT2D eigenvalue weighted by atomic mass is 9.91. The second-order valence-electron chi connectivity index (χ2n) is 7.28. The number of piperidine rings is 1. The van der Waals surface area contributed by atoms with E-state index in [-0.39, 0.29) is 11.8 Å².